The largest absolute Gasteiger partial charge is 0.454 e. The summed E-state index contributed by atoms with van der Waals surface area (Å²) < 4.78 is 11.3. The van der Waals surface area contributed by atoms with E-state index in [0.717, 1.165) is 44.3 Å². The first-order valence-electron chi connectivity index (χ1n) is 14.0. The molecule has 9 rings (SSSR count). The van der Waals surface area contributed by atoms with Gasteiger partial charge in [-0.15, -0.1) is 0 Å². The number of fused-ring (bicyclic) bond motifs is 8. The van der Waals surface area contributed by atoms with Gasteiger partial charge in [0.05, 0.1) is 21.9 Å². The summed E-state index contributed by atoms with van der Waals surface area (Å²) in [5.74, 6) is 0. The van der Waals surface area contributed by atoms with Crippen LogP contribution in [-0.2, 0) is 0 Å². The minimum absolute atomic E-state index is 0.898. The minimum atomic E-state index is 0.898. The molecule has 192 valence electrons. The zero-order chi connectivity index (χ0) is 26.9. The van der Waals surface area contributed by atoms with Crippen molar-refractivity contribution in [3.63, 3.8) is 0 Å². The lowest BCUT2D eigenvalue weighted by Gasteiger charge is -2.10. The molecule has 3 nitrogen and oxygen atoms in total. The van der Waals surface area contributed by atoms with E-state index in [1.165, 1.54) is 32.9 Å². The molecule has 41 heavy (non-hydrogen) atoms. The van der Waals surface area contributed by atoms with Gasteiger partial charge >= 0.3 is 0 Å². The van der Waals surface area contributed by atoms with Crippen LogP contribution in [0.3, 0.4) is 0 Å². The number of rotatable bonds is 3. The third-order valence-corrected chi connectivity index (χ3v) is 8.32. The van der Waals surface area contributed by atoms with Gasteiger partial charge in [0.1, 0.15) is 11.1 Å². The molecule has 0 radical (unpaired) electrons. The van der Waals surface area contributed by atoms with E-state index >= 15 is 0 Å². The summed E-state index contributed by atoms with van der Waals surface area (Å²) in [4.78, 5) is 0. The van der Waals surface area contributed by atoms with Crippen LogP contribution in [0, 0.1) is 0 Å². The highest BCUT2D eigenvalue weighted by atomic mass is 16.3. The zero-order valence-electron chi connectivity index (χ0n) is 22.2. The van der Waals surface area contributed by atoms with Crippen LogP contribution in [0.25, 0.3) is 77.3 Å². The standard InChI is InChI=1S/C38H24N2O/c1-3-12-26(13-4-1)39-32-19-9-7-16-29(32)31-24-25(22-23-34(31)39)28-18-11-21-35-36(28)37-38(41-35)30-17-8-10-20-33(30)40(37)27-14-5-2-6-15-27/h1-24H. The molecule has 0 saturated carbocycles. The van der Waals surface area contributed by atoms with Crippen LogP contribution in [0.15, 0.2) is 150 Å². The van der Waals surface area contributed by atoms with Crippen LogP contribution in [0.5, 0.6) is 0 Å². The molecule has 0 aliphatic heterocycles. The molecule has 3 aromatic heterocycles. The summed E-state index contributed by atoms with van der Waals surface area (Å²) >= 11 is 0. The molecule has 0 unspecified atom stereocenters. The highest BCUT2D eigenvalue weighted by molar-refractivity contribution is 6.21. The topological polar surface area (TPSA) is 23.0 Å². The fraction of sp³-hybridized carbons (Fsp3) is 0. The van der Waals surface area contributed by atoms with E-state index in [2.05, 4.69) is 155 Å². The van der Waals surface area contributed by atoms with E-state index in [9.17, 15) is 0 Å². The van der Waals surface area contributed by atoms with Crippen LogP contribution in [0.2, 0.25) is 0 Å². The van der Waals surface area contributed by atoms with Crippen LogP contribution in [-0.4, -0.2) is 9.13 Å². The molecule has 0 aliphatic carbocycles. The van der Waals surface area contributed by atoms with Crippen molar-refractivity contribution in [3.8, 4) is 22.5 Å². The highest BCUT2D eigenvalue weighted by Crippen LogP contribution is 2.43. The lowest BCUT2D eigenvalue weighted by atomic mass is 9.99. The summed E-state index contributed by atoms with van der Waals surface area (Å²) in [7, 11) is 0. The maximum Gasteiger partial charge on any atom is 0.161 e. The van der Waals surface area contributed by atoms with Gasteiger partial charge in [0, 0.05) is 27.5 Å². The number of aromatic nitrogens is 2. The summed E-state index contributed by atoms with van der Waals surface area (Å²) in [6.45, 7) is 0. The van der Waals surface area contributed by atoms with Gasteiger partial charge in [-0.05, 0) is 71.8 Å². The summed E-state index contributed by atoms with van der Waals surface area (Å²) in [6.07, 6.45) is 0. The summed E-state index contributed by atoms with van der Waals surface area (Å²) in [6, 6.07) is 51.7. The lowest BCUT2D eigenvalue weighted by molar-refractivity contribution is 0.673. The molecule has 0 aliphatic rings. The molecule has 0 atom stereocenters. The second-order valence-corrected chi connectivity index (χ2v) is 10.6. The number of hydrogen-bond acceptors (Lipinski definition) is 1. The van der Waals surface area contributed by atoms with Crippen molar-refractivity contribution in [1.82, 2.24) is 9.13 Å². The molecule has 0 bridgehead atoms. The molecular weight excluding hydrogens is 500 g/mol. The summed E-state index contributed by atoms with van der Waals surface area (Å²) in [5, 5.41) is 4.74. The molecule has 6 aromatic carbocycles. The Hall–Kier alpha value is -5.54. The maximum absolute atomic E-state index is 6.62. The SMILES string of the molecule is c1ccc(-n2c3ccccc3c3cc(-c4cccc5oc6c7ccccc7n(-c7ccccc7)c6c45)ccc32)cc1. The lowest BCUT2D eigenvalue weighted by Crippen LogP contribution is -1.94. The molecule has 3 heteroatoms. The third kappa shape index (κ3) is 3.14. The van der Waals surface area contributed by atoms with E-state index in [1.807, 2.05) is 0 Å². The second kappa shape index (κ2) is 8.48. The van der Waals surface area contributed by atoms with Crippen molar-refractivity contribution in [2.24, 2.45) is 0 Å². The number of para-hydroxylation sites is 4. The van der Waals surface area contributed by atoms with Crippen molar-refractivity contribution in [2.75, 3.05) is 0 Å². The average molecular weight is 525 g/mol. The Kier molecular flexibility index (Phi) is 4.61. The molecule has 0 N–H and O–H groups in total. The Morgan fingerprint density at radius 2 is 1.05 bits per heavy atom. The van der Waals surface area contributed by atoms with E-state index in [4.69, 9.17) is 4.42 Å². The zero-order valence-corrected chi connectivity index (χ0v) is 22.2. The van der Waals surface area contributed by atoms with Gasteiger partial charge in [-0.3, -0.25) is 0 Å². The Morgan fingerprint density at radius 1 is 0.439 bits per heavy atom. The average Bonchev–Trinajstić information content (AvgIpc) is 3.68. The van der Waals surface area contributed by atoms with Crippen LogP contribution in [0.4, 0.5) is 0 Å². The quantitative estimate of drug-likeness (QED) is 0.225. The molecular formula is C38H24N2O. The molecule has 0 spiro atoms. The van der Waals surface area contributed by atoms with Gasteiger partial charge in [-0.2, -0.15) is 0 Å². The van der Waals surface area contributed by atoms with E-state index in [0.29, 0.717) is 0 Å². The second-order valence-electron chi connectivity index (χ2n) is 10.6. The van der Waals surface area contributed by atoms with Gasteiger partial charge in [0.25, 0.3) is 0 Å². The van der Waals surface area contributed by atoms with Crippen LogP contribution < -0.4 is 0 Å². The van der Waals surface area contributed by atoms with Crippen molar-refractivity contribution >= 4 is 54.8 Å². The minimum Gasteiger partial charge on any atom is -0.454 e. The first-order chi connectivity index (χ1) is 20.4. The molecule has 3 heterocycles. The monoisotopic (exact) mass is 524 g/mol. The van der Waals surface area contributed by atoms with E-state index in [-0.39, 0.29) is 0 Å². The molecule has 9 aromatic rings. The normalized spacial score (nSPS) is 11.9. The first kappa shape index (κ1) is 22.3. The van der Waals surface area contributed by atoms with Crippen molar-refractivity contribution < 1.29 is 4.42 Å². The predicted molar refractivity (Wildman–Crippen MR) is 170 cm³/mol. The molecule has 0 fully saturated rings. The smallest absolute Gasteiger partial charge is 0.161 e. The number of benzene rings is 6. The third-order valence-electron chi connectivity index (χ3n) is 8.32. The van der Waals surface area contributed by atoms with Crippen LogP contribution in [0.1, 0.15) is 0 Å². The van der Waals surface area contributed by atoms with Gasteiger partial charge in [-0.1, -0.05) is 84.9 Å². The Balaban J connectivity index is 1.38. The fourth-order valence-electron chi connectivity index (χ4n) is 6.59. The van der Waals surface area contributed by atoms with Gasteiger partial charge in [0.2, 0.25) is 0 Å². The summed E-state index contributed by atoms with van der Waals surface area (Å²) in [5.41, 5.74) is 11.1. The van der Waals surface area contributed by atoms with Crippen molar-refractivity contribution in [3.05, 3.63) is 146 Å². The van der Waals surface area contributed by atoms with E-state index in [1.54, 1.807) is 0 Å². The number of furan rings is 1. The van der Waals surface area contributed by atoms with Crippen molar-refractivity contribution in [2.45, 2.75) is 0 Å². The Labute approximate surface area is 236 Å². The van der Waals surface area contributed by atoms with Crippen LogP contribution >= 0.6 is 0 Å². The van der Waals surface area contributed by atoms with Gasteiger partial charge in [-0.25, -0.2) is 0 Å². The molecule has 0 amide bonds. The Morgan fingerprint density at radius 3 is 1.80 bits per heavy atom. The fourth-order valence-corrected chi connectivity index (χ4v) is 6.59. The van der Waals surface area contributed by atoms with Gasteiger partial charge < -0.3 is 13.6 Å². The van der Waals surface area contributed by atoms with Crippen molar-refractivity contribution in [1.29, 1.82) is 0 Å². The molecule has 0 saturated heterocycles. The predicted octanol–water partition coefficient (Wildman–Crippen LogP) is 10.3. The maximum atomic E-state index is 6.62. The highest BCUT2D eigenvalue weighted by Gasteiger charge is 2.22. The first-order valence-corrected chi connectivity index (χ1v) is 14.0. The number of nitrogens with zero attached hydrogens (tertiary/aromatic N) is 2. The Bertz CT molecular complexity index is 2410. The van der Waals surface area contributed by atoms with Gasteiger partial charge in [0.15, 0.2) is 5.58 Å². The van der Waals surface area contributed by atoms with E-state index < -0.39 is 0 Å². The number of hydrogen-bond donors (Lipinski definition) is 0.